The molecule has 2 rings (SSSR count). The molecule has 1 aromatic heterocycles. The lowest BCUT2D eigenvalue weighted by molar-refractivity contribution is 0.213. The van der Waals surface area contributed by atoms with Crippen LogP contribution in [0.5, 0.6) is 0 Å². The van der Waals surface area contributed by atoms with Crippen molar-refractivity contribution in [3.8, 4) is 0 Å². The standard InChI is InChI=1S/C16H29N5O/c1-5-15-14(11-17-21(15)12-13(2)3)18-16(22)20-8-6-7-19(4)9-10-20/h11,13H,5-10,12H2,1-4H3,(H,18,22). The first-order valence-corrected chi connectivity index (χ1v) is 8.30. The molecule has 0 aliphatic carbocycles. The van der Waals surface area contributed by atoms with Crippen LogP contribution in [0.3, 0.4) is 0 Å². The summed E-state index contributed by atoms with van der Waals surface area (Å²) < 4.78 is 2.01. The molecule has 0 bridgehead atoms. The summed E-state index contributed by atoms with van der Waals surface area (Å²) in [5.41, 5.74) is 1.96. The fourth-order valence-electron chi connectivity index (χ4n) is 2.84. The van der Waals surface area contributed by atoms with E-state index in [2.05, 4.69) is 43.1 Å². The van der Waals surface area contributed by atoms with Crippen molar-refractivity contribution in [2.45, 2.75) is 40.2 Å². The van der Waals surface area contributed by atoms with Crippen LogP contribution in [0, 0.1) is 5.92 Å². The van der Waals surface area contributed by atoms with Crippen molar-refractivity contribution < 1.29 is 4.79 Å². The number of urea groups is 1. The van der Waals surface area contributed by atoms with E-state index in [4.69, 9.17) is 0 Å². The second-order valence-electron chi connectivity index (χ2n) is 6.51. The van der Waals surface area contributed by atoms with Crippen LogP contribution in [0.2, 0.25) is 0 Å². The summed E-state index contributed by atoms with van der Waals surface area (Å²) in [6.07, 6.45) is 3.67. The maximum absolute atomic E-state index is 12.5. The van der Waals surface area contributed by atoms with E-state index in [1.165, 1.54) is 0 Å². The Kier molecular flexibility index (Phi) is 5.83. The molecule has 0 saturated carbocycles. The summed E-state index contributed by atoms with van der Waals surface area (Å²) in [6.45, 7) is 10.9. The van der Waals surface area contributed by atoms with Crippen LogP contribution in [0.15, 0.2) is 6.20 Å². The smallest absolute Gasteiger partial charge is 0.321 e. The molecule has 0 aromatic carbocycles. The fourth-order valence-corrected chi connectivity index (χ4v) is 2.84. The Morgan fingerprint density at radius 1 is 1.32 bits per heavy atom. The molecule has 1 aromatic rings. The molecule has 1 aliphatic rings. The van der Waals surface area contributed by atoms with Gasteiger partial charge in [-0.05, 0) is 32.4 Å². The zero-order valence-corrected chi connectivity index (χ0v) is 14.3. The highest BCUT2D eigenvalue weighted by Gasteiger charge is 2.19. The molecule has 6 heteroatoms. The van der Waals surface area contributed by atoms with Crippen LogP contribution in [-0.2, 0) is 13.0 Å². The zero-order valence-electron chi connectivity index (χ0n) is 14.3. The molecule has 1 aliphatic heterocycles. The maximum atomic E-state index is 12.5. The van der Waals surface area contributed by atoms with Gasteiger partial charge >= 0.3 is 6.03 Å². The van der Waals surface area contributed by atoms with Crippen LogP contribution in [0.25, 0.3) is 0 Å². The number of anilines is 1. The summed E-state index contributed by atoms with van der Waals surface area (Å²) in [4.78, 5) is 16.7. The average molecular weight is 307 g/mol. The molecule has 0 spiro atoms. The van der Waals surface area contributed by atoms with Crippen LogP contribution in [-0.4, -0.2) is 58.8 Å². The maximum Gasteiger partial charge on any atom is 0.321 e. The van der Waals surface area contributed by atoms with Gasteiger partial charge in [0.15, 0.2) is 0 Å². The van der Waals surface area contributed by atoms with Crippen molar-refractivity contribution in [1.29, 1.82) is 0 Å². The summed E-state index contributed by atoms with van der Waals surface area (Å²) in [5, 5.41) is 7.48. The molecule has 0 atom stereocenters. The molecule has 22 heavy (non-hydrogen) atoms. The molecule has 1 saturated heterocycles. The first-order chi connectivity index (χ1) is 10.5. The highest BCUT2D eigenvalue weighted by molar-refractivity contribution is 5.89. The van der Waals surface area contributed by atoms with E-state index in [1.807, 2.05) is 9.58 Å². The Hall–Kier alpha value is -1.56. The molecule has 6 nitrogen and oxygen atoms in total. The van der Waals surface area contributed by atoms with Gasteiger partial charge < -0.3 is 15.1 Å². The molecular weight excluding hydrogens is 278 g/mol. The number of hydrogen-bond donors (Lipinski definition) is 1. The van der Waals surface area contributed by atoms with E-state index in [1.54, 1.807) is 6.20 Å². The van der Waals surface area contributed by atoms with Gasteiger partial charge in [-0.2, -0.15) is 5.10 Å². The van der Waals surface area contributed by atoms with Gasteiger partial charge in [0.05, 0.1) is 17.6 Å². The van der Waals surface area contributed by atoms with Crippen LogP contribution in [0.4, 0.5) is 10.5 Å². The van der Waals surface area contributed by atoms with Gasteiger partial charge in [0.2, 0.25) is 0 Å². The van der Waals surface area contributed by atoms with E-state index < -0.39 is 0 Å². The molecule has 1 fully saturated rings. The number of likely N-dealkylation sites (N-methyl/N-ethyl adjacent to an activating group) is 1. The number of nitrogens with one attached hydrogen (secondary N) is 1. The second kappa shape index (κ2) is 7.63. The van der Waals surface area contributed by atoms with Gasteiger partial charge in [0.25, 0.3) is 0 Å². The van der Waals surface area contributed by atoms with Crippen LogP contribution in [0.1, 0.15) is 32.9 Å². The minimum Gasteiger partial charge on any atom is -0.323 e. The zero-order chi connectivity index (χ0) is 16.1. The predicted molar refractivity (Wildman–Crippen MR) is 89.1 cm³/mol. The summed E-state index contributed by atoms with van der Waals surface area (Å²) >= 11 is 0. The Morgan fingerprint density at radius 3 is 2.77 bits per heavy atom. The highest BCUT2D eigenvalue weighted by atomic mass is 16.2. The van der Waals surface area contributed by atoms with Crippen molar-refractivity contribution in [3.05, 3.63) is 11.9 Å². The number of aromatic nitrogens is 2. The van der Waals surface area contributed by atoms with E-state index >= 15 is 0 Å². The number of amides is 2. The van der Waals surface area contributed by atoms with E-state index in [0.717, 1.165) is 56.9 Å². The number of carbonyl (C=O) groups excluding carboxylic acids is 1. The third-order valence-corrected chi connectivity index (χ3v) is 4.07. The van der Waals surface area contributed by atoms with Gasteiger partial charge in [-0.1, -0.05) is 20.8 Å². The Bertz CT molecular complexity index is 497. The first-order valence-electron chi connectivity index (χ1n) is 8.30. The van der Waals surface area contributed by atoms with Crippen molar-refractivity contribution in [1.82, 2.24) is 19.6 Å². The third-order valence-electron chi connectivity index (χ3n) is 4.07. The SMILES string of the molecule is CCc1c(NC(=O)N2CCCN(C)CC2)cnn1CC(C)C. The lowest BCUT2D eigenvalue weighted by atomic mass is 10.2. The van der Waals surface area contributed by atoms with Crippen LogP contribution < -0.4 is 5.32 Å². The Labute approximate surface area is 133 Å². The summed E-state index contributed by atoms with van der Waals surface area (Å²) in [7, 11) is 2.10. The largest absolute Gasteiger partial charge is 0.323 e. The molecule has 124 valence electrons. The summed E-state index contributed by atoms with van der Waals surface area (Å²) in [6, 6.07) is -0.00547. The van der Waals surface area contributed by atoms with Crippen LogP contribution >= 0.6 is 0 Å². The molecule has 0 unspecified atom stereocenters. The second-order valence-corrected chi connectivity index (χ2v) is 6.51. The van der Waals surface area contributed by atoms with Crippen molar-refractivity contribution in [2.75, 3.05) is 38.5 Å². The van der Waals surface area contributed by atoms with Gasteiger partial charge in [-0.3, -0.25) is 4.68 Å². The number of carbonyl (C=O) groups is 1. The topological polar surface area (TPSA) is 53.4 Å². The minimum absolute atomic E-state index is 0.00547. The van der Waals surface area contributed by atoms with E-state index in [0.29, 0.717) is 5.92 Å². The fraction of sp³-hybridized carbons (Fsp3) is 0.750. The quantitative estimate of drug-likeness (QED) is 0.928. The highest BCUT2D eigenvalue weighted by Crippen LogP contribution is 2.18. The lowest BCUT2D eigenvalue weighted by Crippen LogP contribution is -2.37. The molecule has 1 N–H and O–H groups in total. The van der Waals surface area contributed by atoms with Crippen molar-refractivity contribution in [3.63, 3.8) is 0 Å². The normalized spacial score (nSPS) is 16.9. The van der Waals surface area contributed by atoms with Crippen molar-refractivity contribution in [2.24, 2.45) is 5.92 Å². The Morgan fingerprint density at radius 2 is 2.09 bits per heavy atom. The van der Waals surface area contributed by atoms with Gasteiger partial charge in [-0.15, -0.1) is 0 Å². The average Bonchev–Trinajstić information content (AvgIpc) is 2.68. The first kappa shape index (κ1) is 16.8. The monoisotopic (exact) mass is 307 g/mol. The number of rotatable bonds is 4. The van der Waals surface area contributed by atoms with Crippen molar-refractivity contribution >= 4 is 11.7 Å². The summed E-state index contributed by atoms with van der Waals surface area (Å²) in [5.74, 6) is 0.537. The number of nitrogens with zero attached hydrogens (tertiary/aromatic N) is 4. The molecule has 0 radical (unpaired) electrons. The Balaban J connectivity index is 2.03. The molecular formula is C16H29N5O. The predicted octanol–water partition coefficient (Wildman–Crippen LogP) is 2.27. The third kappa shape index (κ3) is 4.22. The van der Waals surface area contributed by atoms with E-state index in [-0.39, 0.29) is 6.03 Å². The van der Waals surface area contributed by atoms with E-state index in [9.17, 15) is 4.79 Å². The lowest BCUT2D eigenvalue weighted by Gasteiger charge is -2.21. The van der Waals surface area contributed by atoms with Gasteiger partial charge in [0, 0.05) is 26.2 Å². The minimum atomic E-state index is -0.00547. The van der Waals surface area contributed by atoms with Gasteiger partial charge in [0.1, 0.15) is 0 Å². The molecule has 2 amide bonds. The number of hydrogen-bond acceptors (Lipinski definition) is 3. The van der Waals surface area contributed by atoms with Gasteiger partial charge in [-0.25, -0.2) is 4.79 Å². The molecule has 2 heterocycles.